The van der Waals surface area contributed by atoms with E-state index in [1.165, 1.54) is 25.0 Å². The lowest BCUT2D eigenvalue weighted by molar-refractivity contribution is -0.141. The molecule has 4 heteroatoms. The van der Waals surface area contributed by atoms with E-state index in [2.05, 4.69) is 25.9 Å². The molecule has 0 amide bonds. The fraction of sp³-hybridized carbons (Fsp3) is 0.913. The Kier molecular flexibility index (Phi) is 5.15. The molecule has 4 rings (SSSR count). The molecule has 4 nitrogen and oxygen atoms in total. The molecule has 0 aromatic heterocycles. The molecule has 0 saturated heterocycles. The van der Waals surface area contributed by atoms with Crippen molar-refractivity contribution in [1.82, 2.24) is 0 Å². The molecular formula is C23H38N2O2. The van der Waals surface area contributed by atoms with Gasteiger partial charge >= 0.3 is 0 Å². The summed E-state index contributed by atoms with van der Waals surface area (Å²) in [6.45, 7) is 8.61. The highest BCUT2D eigenvalue weighted by Gasteiger charge is 2.61. The van der Waals surface area contributed by atoms with Gasteiger partial charge in [0, 0.05) is 11.8 Å². The second-order valence-corrected chi connectivity index (χ2v) is 10.5. The molecule has 0 spiro atoms. The van der Waals surface area contributed by atoms with Crippen molar-refractivity contribution in [2.24, 2.45) is 51.3 Å². The number of oxime groups is 1. The molecule has 152 valence electrons. The van der Waals surface area contributed by atoms with Crippen LogP contribution in [0.15, 0.2) is 5.16 Å². The predicted molar refractivity (Wildman–Crippen MR) is 108 cm³/mol. The van der Waals surface area contributed by atoms with Gasteiger partial charge in [0.2, 0.25) is 0 Å². The Bertz CT molecular complexity index is 617. The van der Waals surface area contributed by atoms with E-state index in [4.69, 9.17) is 10.6 Å². The Morgan fingerprint density at radius 1 is 1.15 bits per heavy atom. The summed E-state index contributed by atoms with van der Waals surface area (Å²) < 4.78 is 0. The van der Waals surface area contributed by atoms with Crippen molar-refractivity contribution >= 4 is 11.5 Å². The molecule has 0 bridgehead atoms. The predicted octanol–water partition coefficient (Wildman–Crippen LogP) is 4.57. The summed E-state index contributed by atoms with van der Waals surface area (Å²) in [7, 11) is 0. The SMILES string of the molecule is C[C@H]1C[C@@H]2[C@H](CC[C@]3(C)C(=O)CC[C@@H]23)[C@@]2(C)CC/C(=N/OCCCN)CC12. The first kappa shape index (κ1) is 19.4. The Balaban J connectivity index is 1.51. The highest BCUT2D eigenvalue weighted by Crippen LogP contribution is 2.66. The van der Waals surface area contributed by atoms with Crippen LogP contribution in [0, 0.1) is 40.4 Å². The minimum Gasteiger partial charge on any atom is -0.396 e. The van der Waals surface area contributed by atoms with Gasteiger partial charge in [0.15, 0.2) is 0 Å². The smallest absolute Gasteiger partial charge is 0.139 e. The number of carbonyl (C=O) groups is 1. The number of ketones is 1. The molecule has 27 heavy (non-hydrogen) atoms. The summed E-state index contributed by atoms with van der Waals surface area (Å²) in [5.41, 5.74) is 7.20. The lowest BCUT2D eigenvalue weighted by atomic mass is 9.43. The van der Waals surface area contributed by atoms with Crippen molar-refractivity contribution in [2.75, 3.05) is 13.2 Å². The lowest BCUT2D eigenvalue weighted by Crippen LogP contribution is -2.56. The van der Waals surface area contributed by atoms with Crippen LogP contribution in [0.1, 0.15) is 78.6 Å². The van der Waals surface area contributed by atoms with Gasteiger partial charge in [-0.3, -0.25) is 4.79 Å². The van der Waals surface area contributed by atoms with Gasteiger partial charge in [0.1, 0.15) is 12.4 Å². The van der Waals surface area contributed by atoms with Crippen LogP contribution >= 0.6 is 0 Å². The molecular weight excluding hydrogens is 336 g/mol. The maximum Gasteiger partial charge on any atom is 0.139 e. The van der Waals surface area contributed by atoms with Gasteiger partial charge in [-0.15, -0.1) is 0 Å². The normalized spacial score (nSPS) is 48.1. The fourth-order valence-corrected chi connectivity index (χ4v) is 7.67. The minimum atomic E-state index is -0.0117. The van der Waals surface area contributed by atoms with E-state index in [9.17, 15) is 4.79 Å². The monoisotopic (exact) mass is 374 g/mol. The number of nitrogens with zero attached hydrogens (tertiary/aromatic N) is 1. The molecule has 0 heterocycles. The molecule has 0 radical (unpaired) electrons. The molecule has 4 fully saturated rings. The molecule has 4 saturated carbocycles. The van der Waals surface area contributed by atoms with E-state index in [1.54, 1.807) is 0 Å². The minimum absolute atomic E-state index is 0.0117. The first-order chi connectivity index (χ1) is 12.9. The van der Waals surface area contributed by atoms with Crippen molar-refractivity contribution in [3.05, 3.63) is 0 Å². The first-order valence-electron chi connectivity index (χ1n) is 11.3. The Labute approximate surface area is 164 Å². The number of hydrogen-bond acceptors (Lipinski definition) is 4. The van der Waals surface area contributed by atoms with Crippen molar-refractivity contribution in [3.63, 3.8) is 0 Å². The lowest BCUT2D eigenvalue weighted by Gasteiger charge is -2.61. The van der Waals surface area contributed by atoms with Gasteiger partial charge < -0.3 is 10.6 Å². The van der Waals surface area contributed by atoms with Crippen molar-refractivity contribution < 1.29 is 9.63 Å². The summed E-state index contributed by atoms with van der Waals surface area (Å²) in [6.07, 6.45) is 9.94. The third kappa shape index (κ3) is 3.07. The number of fused-ring (bicyclic) bond motifs is 5. The summed E-state index contributed by atoms with van der Waals surface area (Å²) in [6, 6.07) is 0. The van der Waals surface area contributed by atoms with Gasteiger partial charge in [-0.05, 0) is 92.9 Å². The molecule has 7 atom stereocenters. The number of rotatable bonds is 4. The maximum absolute atomic E-state index is 12.6. The molecule has 1 unspecified atom stereocenters. The second-order valence-electron chi connectivity index (χ2n) is 10.5. The Hall–Kier alpha value is -0.900. The molecule has 2 N–H and O–H groups in total. The topological polar surface area (TPSA) is 64.7 Å². The van der Waals surface area contributed by atoms with Crippen molar-refractivity contribution in [3.8, 4) is 0 Å². The molecule has 0 aliphatic heterocycles. The second kappa shape index (κ2) is 7.17. The van der Waals surface area contributed by atoms with Crippen molar-refractivity contribution in [2.45, 2.75) is 78.6 Å². The quantitative estimate of drug-likeness (QED) is 0.579. The molecule has 0 aromatic carbocycles. The van der Waals surface area contributed by atoms with E-state index in [0.29, 0.717) is 42.1 Å². The zero-order chi connectivity index (χ0) is 19.2. The van der Waals surface area contributed by atoms with E-state index >= 15 is 0 Å². The van der Waals surface area contributed by atoms with E-state index in [0.717, 1.165) is 50.4 Å². The number of Topliss-reactive ketones (excluding diaryl/α,β-unsaturated/α-hetero) is 1. The highest BCUT2D eigenvalue weighted by molar-refractivity contribution is 5.87. The van der Waals surface area contributed by atoms with Gasteiger partial charge in [-0.25, -0.2) is 0 Å². The Morgan fingerprint density at radius 2 is 1.96 bits per heavy atom. The summed E-state index contributed by atoms with van der Waals surface area (Å²) in [5, 5.41) is 4.47. The number of nitrogens with two attached hydrogens (primary N) is 1. The van der Waals surface area contributed by atoms with Crippen LogP contribution in [0.4, 0.5) is 0 Å². The van der Waals surface area contributed by atoms with Gasteiger partial charge in [-0.1, -0.05) is 25.9 Å². The van der Waals surface area contributed by atoms with E-state index in [1.807, 2.05) is 0 Å². The average molecular weight is 375 g/mol. The highest BCUT2D eigenvalue weighted by atomic mass is 16.6. The standard InChI is InChI=1S/C23H38N2O2/c1-15-13-17-18-5-6-21(26)23(18,3)10-8-19(17)22(2)9-7-16(14-20(15)22)25-27-12-4-11-24/h15,17-20H,4-14,24H2,1-3H3/b25-16-/t15-,17-,18-,19-,20?,22+,23-/m0/s1. The summed E-state index contributed by atoms with van der Waals surface area (Å²) in [5.74, 6) is 4.17. The van der Waals surface area contributed by atoms with Gasteiger partial charge in [-0.2, -0.15) is 0 Å². The number of hydrogen-bond donors (Lipinski definition) is 1. The van der Waals surface area contributed by atoms with Crippen LogP contribution in [0.3, 0.4) is 0 Å². The average Bonchev–Trinajstić information content (AvgIpc) is 2.95. The Morgan fingerprint density at radius 3 is 2.74 bits per heavy atom. The van der Waals surface area contributed by atoms with Gasteiger partial charge in [0.05, 0.1) is 5.71 Å². The fourth-order valence-electron chi connectivity index (χ4n) is 7.67. The van der Waals surface area contributed by atoms with Crippen LogP contribution in [-0.4, -0.2) is 24.6 Å². The van der Waals surface area contributed by atoms with Crippen LogP contribution < -0.4 is 5.73 Å². The third-order valence-corrected chi connectivity index (χ3v) is 9.21. The first-order valence-corrected chi connectivity index (χ1v) is 11.3. The van der Waals surface area contributed by atoms with Crippen LogP contribution in [0.25, 0.3) is 0 Å². The van der Waals surface area contributed by atoms with Crippen LogP contribution in [0.5, 0.6) is 0 Å². The maximum atomic E-state index is 12.6. The van der Waals surface area contributed by atoms with Gasteiger partial charge in [0.25, 0.3) is 0 Å². The van der Waals surface area contributed by atoms with Crippen LogP contribution in [0.2, 0.25) is 0 Å². The number of carbonyl (C=O) groups excluding carboxylic acids is 1. The van der Waals surface area contributed by atoms with Crippen LogP contribution in [-0.2, 0) is 9.63 Å². The van der Waals surface area contributed by atoms with E-state index in [-0.39, 0.29) is 5.41 Å². The zero-order valence-corrected chi connectivity index (χ0v) is 17.5. The van der Waals surface area contributed by atoms with E-state index < -0.39 is 0 Å². The largest absolute Gasteiger partial charge is 0.396 e. The molecule has 4 aliphatic rings. The molecule has 4 aliphatic carbocycles. The zero-order valence-electron chi connectivity index (χ0n) is 17.5. The summed E-state index contributed by atoms with van der Waals surface area (Å²) in [4.78, 5) is 18.1. The van der Waals surface area contributed by atoms with Crippen molar-refractivity contribution in [1.29, 1.82) is 0 Å². The summed E-state index contributed by atoms with van der Waals surface area (Å²) >= 11 is 0. The molecule has 0 aromatic rings. The third-order valence-electron chi connectivity index (χ3n) is 9.21.